The van der Waals surface area contributed by atoms with Gasteiger partial charge in [0.15, 0.2) is 0 Å². The molecule has 27 heavy (non-hydrogen) atoms. The molecule has 0 bridgehead atoms. The number of anilines is 1. The van der Waals surface area contributed by atoms with E-state index in [9.17, 15) is 8.42 Å². The van der Waals surface area contributed by atoms with Gasteiger partial charge in [0.1, 0.15) is 0 Å². The summed E-state index contributed by atoms with van der Waals surface area (Å²) in [4.78, 5) is 4.73. The van der Waals surface area contributed by atoms with Gasteiger partial charge in [0.2, 0.25) is 0 Å². The molecule has 4 rings (SSSR count). The molecule has 0 fully saturated rings. The first-order valence-corrected chi connectivity index (χ1v) is 11.1. The van der Waals surface area contributed by atoms with Crippen LogP contribution in [0.3, 0.4) is 0 Å². The van der Waals surface area contributed by atoms with Crippen LogP contribution in [-0.4, -0.2) is 13.4 Å². The number of fused-ring (bicyclic) bond motifs is 2. The molecule has 4 aromatic rings. The number of benzene rings is 3. The summed E-state index contributed by atoms with van der Waals surface area (Å²) < 4.78 is 30.0. The maximum atomic E-state index is 13.1. The Morgan fingerprint density at radius 1 is 1.00 bits per heavy atom. The second-order valence-corrected chi connectivity index (χ2v) is 9.76. The minimum atomic E-state index is -3.72. The van der Waals surface area contributed by atoms with Crippen molar-refractivity contribution in [1.29, 1.82) is 0 Å². The number of nitrogens with zero attached hydrogens (tertiary/aromatic N) is 1. The monoisotopic (exact) mass is 396 g/mol. The normalized spacial score (nSPS) is 12.1. The van der Waals surface area contributed by atoms with Crippen LogP contribution in [0.15, 0.2) is 59.5 Å². The highest BCUT2D eigenvalue weighted by atomic mass is 32.2. The number of thiazole rings is 1. The van der Waals surface area contributed by atoms with Gasteiger partial charge in [0.05, 0.1) is 25.8 Å². The van der Waals surface area contributed by atoms with Gasteiger partial charge in [-0.15, -0.1) is 11.3 Å². The molecule has 6 heteroatoms. The van der Waals surface area contributed by atoms with Crippen molar-refractivity contribution in [1.82, 2.24) is 4.98 Å². The van der Waals surface area contributed by atoms with Crippen molar-refractivity contribution in [2.45, 2.75) is 31.6 Å². The van der Waals surface area contributed by atoms with Crippen LogP contribution in [0.1, 0.15) is 30.3 Å². The molecule has 4 nitrogen and oxygen atoms in total. The van der Waals surface area contributed by atoms with Crippen LogP contribution in [-0.2, 0) is 10.0 Å². The predicted octanol–water partition coefficient (Wildman–Crippen LogP) is 5.68. The Morgan fingerprint density at radius 2 is 1.74 bits per heavy atom. The maximum Gasteiger partial charge on any atom is 0.262 e. The summed E-state index contributed by atoms with van der Waals surface area (Å²) in [6.07, 6.45) is 0. The molecule has 138 valence electrons. The zero-order valence-electron chi connectivity index (χ0n) is 15.4. The van der Waals surface area contributed by atoms with Crippen molar-refractivity contribution in [2.24, 2.45) is 0 Å². The molecule has 0 aliphatic heterocycles. The van der Waals surface area contributed by atoms with Crippen molar-refractivity contribution >= 4 is 48.0 Å². The van der Waals surface area contributed by atoms with Crippen molar-refractivity contribution < 1.29 is 8.42 Å². The average molecular weight is 397 g/mol. The van der Waals surface area contributed by atoms with Gasteiger partial charge in [-0.1, -0.05) is 44.2 Å². The Morgan fingerprint density at radius 3 is 2.52 bits per heavy atom. The minimum Gasteiger partial charge on any atom is -0.280 e. The molecule has 0 aliphatic rings. The highest BCUT2D eigenvalue weighted by molar-refractivity contribution is 7.93. The average Bonchev–Trinajstić information content (AvgIpc) is 2.99. The van der Waals surface area contributed by atoms with Crippen LogP contribution in [0.4, 0.5) is 5.69 Å². The first kappa shape index (κ1) is 17.9. The van der Waals surface area contributed by atoms with E-state index in [0.29, 0.717) is 11.6 Å². The standard InChI is InChI=1S/C21H20N2O2S2/c1-13(2)16-6-4-8-18-17(16)7-5-9-21(18)27(24,25)23-15-10-11-20-19(12-15)22-14(3)26-20/h4-13,23H,1-3H3. The third kappa shape index (κ3) is 3.31. The van der Waals surface area contributed by atoms with E-state index in [1.54, 1.807) is 35.6 Å². The van der Waals surface area contributed by atoms with Crippen LogP contribution in [0.25, 0.3) is 21.0 Å². The van der Waals surface area contributed by atoms with E-state index in [0.717, 1.165) is 31.6 Å². The minimum absolute atomic E-state index is 0.289. The van der Waals surface area contributed by atoms with Gasteiger partial charge in [0, 0.05) is 5.39 Å². The highest BCUT2D eigenvalue weighted by Gasteiger charge is 2.19. The molecule has 1 heterocycles. The predicted molar refractivity (Wildman–Crippen MR) is 113 cm³/mol. The highest BCUT2D eigenvalue weighted by Crippen LogP contribution is 2.31. The molecular formula is C21H20N2O2S2. The van der Waals surface area contributed by atoms with Crippen molar-refractivity contribution in [3.63, 3.8) is 0 Å². The number of aryl methyl sites for hydroxylation is 1. The fraction of sp³-hybridized carbons (Fsp3) is 0.190. The summed E-state index contributed by atoms with van der Waals surface area (Å²) in [7, 11) is -3.72. The van der Waals surface area contributed by atoms with Crippen molar-refractivity contribution in [3.05, 3.63) is 65.2 Å². The lowest BCUT2D eigenvalue weighted by Crippen LogP contribution is -2.13. The van der Waals surface area contributed by atoms with Gasteiger partial charge in [-0.2, -0.15) is 0 Å². The number of sulfonamides is 1. The Labute approximate surface area is 162 Å². The van der Waals surface area contributed by atoms with E-state index in [-0.39, 0.29) is 4.90 Å². The number of hydrogen-bond donors (Lipinski definition) is 1. The summed E-state index contributed by atoms with van der Waals surface area (Å²) in [6, 6.07) is 16.7. The zero-order chi connectivity index (χ0) is 19.2. The SMILES string of the molecule is Cc1nc2cc(NS(=O)(=O)c3cccc4c(C(C)C)cccc34)ccc2s1. The molecular weight excluding hydrogens is 376 g/mol. The fourth-order valence-corrected chi connectivity index (χ4v) is 5.44. The number of aromatic nitrogens is 1. The van der Waals surface area contributed by atoms with Crippen molar-refractivity contribution in [2.75, 3.05) is 4.72 Å². The lowest BCUT2D eigenvalue weighted by Gasteiger charge is -2.14. The largest absolute Gasteiger partial charge is 0.280 e. The summed E-state index contributed by atoms with van der Waals surface area (Å²) in [6.45, 7) is 6.16. The fourth-order valence-electron chi connectivity index (χ4n) is 3.36. The van der Waals surface area contributed by atoms with Crippen LogP contribution in [0, 0.1) is 6.92 Å². The summed E-state index contributed by atoms with van der Waals surface area (Å²) in [5, 5.41) is 2.67. The Hall–Kier alpha value is -2.44. The van der Waals surface area contributed by atoms with Gasteiger partial charge in [-0.25, -0.2) is 13.4 Å². The van der Waals surface area contributed by atoms with E-state index in [1.807, 2.05) is 31.2 Å². The summed E-state index contributed by atoms with van der Waals surface area (Å²) in [5.41, 5.74) is 2.46. The summed E-state index contributed by atoms with van der Waals surface area (Å²) >= 11 is 1.59. The van der Waals surface area contributed by atoms with Crippen LogP contribution >= 0.6 is 11.3 Å². The smallest absolute Gasteiger partial charge is 0.262 e. The number of nitrogens with one attached hydrogen (secondary N) is 1. The van der Waals surface area contributed by atoms with E-state index >= 15 is 0 Å². The Bertz CT molecular complexity index is 1260. The third-order valence-electron chi connectivity index (χ3n) is 4.57. The van der Waals surface area contributed by atoms with Crippen LogP contribution < -0.4 is 4.72 Å². The molecule has 1 aromatic heterocycles. The number of hydrogen-bond acceptors (Lipinski definition) is 4. The molecule has 0 aliphatic carbocycles. The topological polar surface area (TPSA) is 59.1 Å². The Kier molecular flexibility index (Phi) is 4.40. The molecule has 0 amide bonds. The van der Waals surface area contributed by atoms with E-state index in [1.165, 1.54) is 0 Å². The first-order chi connectivity index (χ1) is 12.8. The van der Waals surface area contributed by atoms with Gasteiger partial charge in [0.25, 0.3) is 10.0 Å². The van der Waals surface area contributed by atoms with Gasteiger partial charge < -0.3 is 0 Å². The van der Waals surface area contributed by atoms with Gasteiger partial charge >= 0.3 is 0 Å². The third-order valence-corrected chi connectivity index (χ3v) is 6.97. The van der Waals surface area contributed by atoms with E-state index in [4.69, 9.17) is 0 Å². The molecule has 0 saturated heterocycles. The Balaban J connectivity index is 1.80. The maximum absolute atomic E-state index is 13.1. The lowest BCUT2D eigenvalue weighted by atomic mass is 9.96. The molecule has 0 radical (unpaired) electrons. The molecule has 0 saturated carbocycles. The lowest BCUT2D eigenvalue weighted by molar-refractivity contribution is 0.602. The quantitative estimate of drug-likeness (QED) is 0.483. The number of rotatable bonds is 4. The molecule has 1 N–H and O–H groups in total. The van der Waals surface area contributed by atoms with Crippen LogP contribution in [0.2, 0.25) is 0 Å². The first-order valence-electron chi connectivity index (χ1n) is 8.77. The van der Waals surface area contributed by atoms with Gasteiger partial charge in [-0.05, 0) is 48.1 Å². The van der Waals surface area contributed by atoms with Crippen LogP contribution in [0.5, 0.6) is 0 Å². The summed E-state index contributed by atoms with van der Waals surface area (Å²) in [5.74, 6) is 0.315. The zero-order valence-corrected chi connectivity index (χ0v) is 17.0. The molecule has 0 unspecified atom stereocenters. The molecule has 0 spiro atoms. The van der Waals surface area contributed by atoms with E-state index in [2.05, 4.69) is 29.6 Å². The second kappa shape index (κ2) is 6.62. The molecule has 0 atom stereocenters. The van der Waals surface area contributed by atoms with Crippen molar-refractivity contribution in [3.8, 4) is 0 Å². The second-order valence-electron chi connectivity index (χ2n) is 6.87. The van der Waals surface area contributed by atoms with E-state index < -0.39 is 10.0 Å². The van der Waals surface area contributed by atoms with Gasteiger partial charge in [-0.3, -0.25) is 4.72 Å². The molecule has 3 aromatic carbocycles.